The molecule has 0 bridgehead atoms. The summed E-state index contributed by atoms with van der Waals surface area (Å²) >= 11 is 9.62. The van der Waals surface area contributed by atoms with Gasteiger partial charge in [0.15, 0.2) is 0 Å². The van der Waals surface area contributed by atoms with Crippen molar-refractivity contribution in [3.05, 3.63) is 33.3 Å². The van der Waals surface area contributed by atoms with Gasteiger partial charge < -0.3 is 5.32 Å². The first-order valence-electron chi connectivity index (χ1n) is 6.07. The quantitative estimate of drug-likeness (QED) is 0.768. The van der Waals surface area contributed by atoms with Gasteiger partial charge in [-0.3, -0.25) is 0 Å². The van der Waals surface area contributed by atoms with Crippen molar-refractivity contribution < 1.29 is 0 Å². The van der Waals surface area contributed by atoms with Gasteiger partial charge in [0, 0.05) is 15.0 Å². The molecule has 1 aromatic rings. The summed E-state index contributed by atoms with van der Waals surface area (Å²) in [5, 5.41) is 4.36. The second kappa shape index (κ2) is 6.77. The predicted octanol–water partition coefficient (Wildman–Crippen LogP) is 4.81. The summed E-state index contributed by atoms with van der Waals surface area (Å²) in [6.07, 6.45) is 3.39. The largest absolute Gasteiger partial charge is 0.312 e. The molecule has 0 aromatic heterocycles. The van der Waals surface area contributed by atoms with Crippen molar-refractivity contribution in [3.8, 4) is 0 Å². The molecule has 0 radical (unpaired) electrons. The normalized spacial score (nSPS) is 11.8. The van der Waals surface area contributed by atoms with E-state index in [-0.39, 0.29) is 5.54 Å². The first kappa shape index (κ1) is 15.0. The third-order valence-corrected chi connectivity index (χ3v) is 3.40. The van der Waals surface area contributed by atoms with E-state index in [1.807, 2.05) is 12.1 Å². The molecule has 1 N–H and O–H groups in total. The van der Waals surface area contributed by atoms with Crippen molar-refractivity contribution in [1.82, 2.24) is 5.32 Å². The van der Waals surface area contributed by atoms with Crippen molar-refractivity contribution in [2.75, 3.05) is 6.54 Å². The molecular formula is C14H21BrClN. The van der Waals surface area contributed by atoms with Gasteiger partial charge >= 0.3 is 0 Å². The molecule has 0 unspecified atom stereocenters. The van der Waals surface area contributed by atoms with Gasteiger partial charge in [-0.25, -0.2) is 0 Å². The van der Waals surface area contributed by atoms with Crippen molar-refractivity contribution in [3.63, 3.8) is 0 Å². The van der Waals surface area contributed by atoms with Crippen molar-refractivity contribution >= 4 is 27.5 Å². The lowest BCUT2D eigenvalue weighted by Crippen LogP contribution is -2.36. The van der Waals surface area contributed by atoms with Gasteiger partial charge in [-0.1, -0.05) is 27.5 Å². The van der Waals surface area contributed by atoms with Gasteiger partial charge in [0.05, 0.1) is 0 Å². The first-order chi connectivity index (χ1) is 7.88. The maximum atomic E-state index is 6.15. The molecule has 0 aliphatic rings. The number of nitrogens with one attached hydrogen (secondary N) is 1. The van der Waals surface area contributed by atoms with Crippen LogP contribution in [0.2, 0.25) is 5.02 Å². The van der Waals surface area contributed by atoms with E-state index in [2.05, 4.69) is 48.1 Å². The zero-order chi connectivity index (χ0) is 12.9. The van der Waals surface area contributed by atoms with E-state index in [9.17, 15) is 0 Å². The molecule has 3 heteroatoms. The highest BCUT2D eigenvalue weighted by atomic mass is 79.9. The molecule has 1 rings (SSSR count). The van der Waals surface area contributed by atoms with Crippen LogP contribution in [-0.4, -0.2) is 12.1 Å². The molecule has 96 valence electrons. The summed E-state index contributed by atoms with van der Waals surface area (Å²) in [6, 6.07) is 6.04. The van der Waals surface area contributed by atoms with E-state index in [4.69, 9.17) is 11.6 Å². The molecule has 0 aliphatic carbocycles. The molecule has 0 saturated carbocycles. The minimum absolute atomic E-state index is 0.216. The number of benzene rings is 1. The summed E-state index contributed by atoms with van der Waals surface area (Å²) in [5.74, 6) is 0. The van der Waals surface area contributed by atoms with Crippen LogP contribution in [-0.2, 0) is 6.42 Å². The van der Waals surface area contributed by atoms with E-state index in [0.29, 0.717) is 0 Å². The fraction of sp³-hybridized carbons (Fsp3) is 0.571. The highest BCUT2D eigenvalue weighted by Crippen LogP contribution is 2.22. The Bertz CT molecular complexity index is 358. The third-order valence-electron chi connectivity index (χ3n) is 2.54. The van der Waals surface area contributed by atoms with E-state index >= 15 is 0 Å². The average molecular weight is 319 g/mol. The van der Waals surface area contributed by atoms with Gasteiger partial charge in [0.1, 0.15) is 0 Å². The van der Waals surface area contributed by atoms with Gasteiger partial charge in [0.25, 0.3) is 0 Å². The van der Waals surface area contributed by atoms with Crippen LogP contribution in [0.3, 0.4) is 0 Å². The standard InChI is InChI=1S/C14H21BrClN/c1-14(2,3)17-9-5-4-6-11-10-12(15)7-8-13(11)16/h7-8,10,17H,4-6,9H2,1-3H3. The van der Waals surface area contributed by atoms with E-state index in [1.54, 1.807) is 0 Å². The lowest BCUT2D eigenvalue weighted by molar-refractivity contribution is 0.419. The van der Waals surface area contributed by atoms with Crippen LogP contribution in [0.4, 0.5) is 0 Å². The number of hydrogen-bond donors (Lipinski definition) is 1. The summed E-state index contributed by atoms with van der Waals surface area (Å²) in [4.78, 5) is 0. The van der Waals surface area contributed by atoms with E-state index < -0.39 is 0 Å². The monoisotopic (exact) mass is 317 g/mol. The fourth-order valence-electron chi connectivity index (χ4n) is 1.64. The minimum Gasteiger partial charge on any atom is -0.312 e. The Kier molecular flexibility index (Phi) is 5.98. The van der Waals surface area contributed by atoms with Crippen LogP contribution < -0.4 is 5.32 Å². The number of halogens is 2. The molecule has 0 saturated heterocycles. The third kappa shape index (κ3) is 6.44. The van der Waals surface area contributed by atoms with Crippen LogP contribution in [0, 0.1) is 0 Å². The zero-order valence-corrected chi connectivity index (χ0v) is 13.2. The number of aryl methyl sites for hydroxylation is 1. The Balaban J connectivity index is 2.29. The SMILES string of the molecule is CC(C)(C)NCCCCc1cc(Br)ccc1Cl. The van der Waals surface area contributed by atoms with Gasteiger partial charge in [0.2, 0.25) is 0 Å². The zero-order valence-electron chi connectivity index (χ0n) is 10.8. The highest BCUT2D eigenvalue weighted by Gasteiger charge is 2.07. The maximum Gasteiger partial charge on any atom is 0.0438 e. The van der Waals surface area contributed by atoms with Crippen LogP contribution in [0.15, 0.2) is 22.7 Å². The summed E-state index contributed by atoms with van der Waals surface area (Å²) in [5.41, 5.74) is 1.45. The Hall–Kier alpha value is -0.0500. The molecule has 0 atom stereocenters. The van der Waals surface area contributed by atoms with Gasteiger partial charge in [-0.15, -0.1) is 0 Å². The second-order valence-corrected chi connectivity index (χ2v) is 6.69. The fourth-order valence-corrected chi connectivity index (χ4v) is 2.26. The molecule has 0 fully saturated rings. The summed E-state index contributed by atoms with van der Waals surface area (Å²) < 4.78 is 1.10. The highest BCUT2D eigenvalue weighted by molar-refractivity contribution is 9.10. The topological polar surface area (TPSA) is 12.0 Å². The van der Waals surface area contributed by atoms with E-state index in [1.165, 1.54) is 18.4 Å². The van der Waals surface area contributed by atoms with Crippen molar-refractivity contribution in [2.45, 2.75) is 45.6 Å². The molecule has 0 aliphatic heterocycles. The molecule has 17 heavy (non-hydrogen) atoms. The van der Waals surface area contributed by atoms with Crippen LogP contribution in [0.1, 0.15) is 39.2 Å². The van der Waals surface area contributed by atoms with Crippen LogP contribution >= 0.6 is 27.5 Å². The van der Waals surface area contributed by atoms with E-state index in [0.717, 1.165) is 22.5 Å². The van der Waals surface area contributed by atoms with Crippen molar-refractivity contribution in [2.24, 2.45) is 0 Å². The maximum absolute atomic E-state index is 6.15. The molecule has 0 heterocycles. The van der Waals surface area contributed by atoms with Gasteiger partial charge in [-0.05, 0) is 70.3 Å². The van der Waals surface area contributed by atoms with Crippen molar-refractivity contribution in [1.29, 1.82) is 0 Å². The van der Waals surface area contributed by atoms with Gasteiger partial charge in [-0.2, -0.15) is 0 Å². The Morgan fingerprint density at radius 2 is 1.94 bits per heavy atom. The number of unbranched alkanes of at least 4 members (excludes halogenated alkanes) is 1. The Morgan fingerprint density at radius 3 is 2.59 bits per heavy atom. The smallest absolute Gasteiger partial charge is 0.0438 e. The van der Waals surface area contributed by atoms with Crippen LogP contribution in [0.5, 0.6) is 0 Å². The lowest BCUT2D eigenvalue weighted by atomic mass is 10.1. The number of hydrogen-bond acceptors (Lipinski definition) is 1. The van der Waals surface area contributed by atoms with Crippen LogP contribution in [0.25, 0.3) is 0 Å². The lowest BCUT2D eigenvalue weighted by Gasteiger charge is -2.20. The Morgan fingerprint density at radius 1 is 1.24 bits per heavy atom. The molecule has 0 amide bonds. The summed E-state index contributed by atoms with van der Waals surface area (Å²) in [7, 11) is 0. The average Bonchev–Trinajstić information content (AvgIpc) is 2.21. The molecular weight excluding hydrogens is 298 g/mol. The molecule has 0 spiro atoms. The summed E-state index contributed by atoms with van der Waals surface area (Å²) in [6.45, 7) is 7.64. The Labute approximate surface area is 118 Å². The minimum atomic E-state index is 0.216. The number of rotatable bonds is 5. The predicted molar refractivity (Wildman–Crippen MR) is 79.8 cm³/mol. The second-order valence-electron chi connectivity index (χ2n) is 5.37. The molecule has 1 nitrogen and oxygen atoms in total. The molecule has 1 aromatic carbocycles. The first-order valence-corrected chi connectivity index (χ1v) is 7.24.